The van der Waals surface area contributed by atoms with Crippen LogP contribution < -0.4 is 0 Å². The summed E-state index contributed by atoms with van der Waals surface area (Å²) in [6, 6.07) is 0. The molecule has 1 aromatic rings. The van der Waals surface area contributed by atoms with E-state index in [2.05, 4.69) is 18.8 Å². The summed E-state index contributed by atoms with van der Waals surface area (Å²) >= 11 is 1.79. The Labute approximate surface area is 89.5 Å². The van der Waals surface area contributed by atoms with Crippen molar-refractivity contribution in [3.05, 3.63) is 11.9 Å². The molecule has 4 heteroatoms. The van der Waals surface area contributed by atoms with Crippen molar-refractivity contribution >= 4 is 11.8 Å². The molecule has 1 rings (SSSR count). The second kappa shape index (κ2) is 5.41. The largest absolute Gasteiger partial charge is 0.390 e. The van der Waals surface area contributed by atoms with Crippen LogP contribution in [-0.4, -0.2) is 19.9 Å². The van der Waals surface area contributed by atoms with Crippen molar-refractivity contribution in [2.45, 2.75) is 43.7 Å². The molecule has 80 valence electrons. The van der Waals surface area contributed by atoms with E-state index in [-0.39, 0.29) is 6.61 Å². The van der Waals surface area contributed by atoms with Gasteiger partial charge in [-0.15, -0.1) is 0 Å². The van der Waals surface area contributed by atoms with Gasteiger partial charge >= 0.3 is 0 Å². The first-order valence-corrected chi connectivity index (χ1v) is 5.88. The second-order valence-corrected chi connectivity index (χ2v) is 4.57. The van der Waals surface area contributed by atoms with Crippen molar-refractivity contribution in [3.8, 4) is 0 Å². The molecule has 0 spiro atoms. The molecule has 0 aromatic carbocycles. The van der Waals surface area contributed by atoms with Crippen LogP contribution in [0.3, 0.4) is 0 Å². The van der Waals surface area contributed by atoms with Crippen LogP contribution in [0.25, 0.3) is 0 Å². The molecule has 0 bridgehead atoms. The van der Waals surface area contributed by atoms with Crippen LogP contribution in [0.1, 0.15) is 32.4 Å². The SMILES string of the molecule is CCC(CC)Sc1ncc(CO)n1C. The number of aliphatic hydroxyl groups is 1. The van der Waals surface area contributed by atoms with Crippen molar-refractivity contribution in [2.24, 2.45) is 7.05 Å². The lowest BCUT2D eigenvalue weighted by Crippen LogP contribution is -2.03. The lowest BCUT2D eigenvalue weighted by Gasteiger charge is -2.11. The number of thioether (sulfide) groups is 1. The number of nitrogens with zero attached hydrogens (tertiary/aromatic N) is 2. The van der Waals surface area contributed by atoms with Gasteiger partial charge in [-0.2, -0.15) is 0 Å². The van der Waals surface area contributed by atoms with E-state index >= 15 is 0 Å². The summed E-state index contributed by atoms with van der Waals surface area (Å²) in [4.78, 5) is 4.29. The number of hydrogen-bond acceptors (Lipinski definition) is 3. The van der Waals surface area contributed by atoms with Gasteiger partial charge in [-0.05, 0) is 12.8 Å². The van der Waals surface area contributed by atoms with E-state index in [1.165, 1.54) is 0 Å². The topological polar surface area (TPSA) is 38.1 Å². The van der Waals surface area contributed by atoms with Crippen molar-refractivity contribution in [2.75, 3.05) is 0 Å². The molecule has 3 nitrogen and oxygen atoms in total. The summed E-state index contributed by atoms with van der Waals surface area (Å²) in [5, 5.41) is 10.6. The maximum absolute atomic E-state index is 9.01. The van der Waals surface area contributed by atoms with E-state index in [0.717, 1.165) is 23.7 Å². The molecule has 0 fully saturated rings. The zero-order chi connectivity index (χ0) is 10.6. The maximum atomic E-state index is 9.01. The molecular formula is C10H18N2OS. The lowest BCUT2D eigenvalue weighted by molar-refractivity contribution is 0.271. The Bertz CT molecular complexity index is 282. The number of rotatable bonds is 5. The third kappa shape index (κ3) is 2.51. The van der Waals surface area contributed by atoms with E-state index in [9.17, 15) is 0 Å². The van der Waals surface area contributed by atoms with Gasteiger partial charge in [0, 0.05) is 12.3 Å². The fourth-order valence-corrected chi connectivity index (χ4v) is 2.31. The molecule has 1 aromatic heterocycles. The molecule has 0 aliphatic carbocycles. The normalized spacial score (nSPS) is 11.2. The fourth-order valence-electron chi connectivity index (χ4n) is 1.29. The predicted octanol–water partition coefficient (Wildman–Crippen LogP) is 2.19. The van der Waals surface area contributed by atoms with E-state index in [4.69, 9.17) is 5.11 Å². The first-order chi connectivity index (χ1) is 6.72. The first kappa shape index (κ1) is 11.6. The highest BCUT2D eigenvalue weighted by molar-refractivity contribution is 7.99. The Balaban J connectivity index is 2.71. The van der Waals surface area contributed by atoms with E-state index in [0.29, 0.717) is 5.25 Å². The standard InChI is InChI=1S/C10H18N2OS/c1-4-9(5-2)14-10-11-6-8(7-13)12(10)3/h6,9,13H,4-5,7H2,1-3H3. The summed E-state index contributed by atoms with van der Waals surface area (Å²) < 4.78 is 1.96. The van der Waals surface area contributed by atoms with Gasteiger partial charge in [-0.3, -0.25) is 0 Å². The van der Waals surface area contributed by atoms with E-state index in [1.54, 1.807) is 18.0 Å². The fraction of sp³-hybridized carbons (Fsp3) is 0.700. The van der Waals surface area contributed by atoms with Crippen molar-refractivity contribution < 1.29 is 5.11 Å². The Morgan fingerprint density at radius 1 is 1.50 bits per heavy atom. The average molecular weight is 214 g/mol. The van der Waals surface area contributed by atoms with Gasteiger partial charge in [0.2, 0.25) is 0 Å². The van der Waals surface area contributed by atoms with Crippen LogP contribution in [0, 0.1) is 0 Å². The van der Waals surface area contributed by atoms with Gasteiger partial charge in [0.25, 0.3) is 0 Å². The van der Waals surface area contributed by atoms with E-state index < -0.39 is 0 Å². The number of hydrogen-bond donors (Lipinski definition) is 1. The molecule has 0 radical (unpaired) electrons. The van der Waals surface area contributed by atoms with Crippen LogP contribution in [0.2, 0.25) is 0 Å². The molecule has 0 aliphatic heterocycles. The second-order valence-electron chi connectivity index (χ2n) is 3.31. The molecule has 0 amide bonds. The third-order valence-electron chi connectivity index (χ3n) is 2.39. The predicted molar refractivity (Wildman–Crippen MR) is 59.4 cm³/mol. The summed E-state index contributed by atoms with van der Waals surface area (Å²) in [5.74, 6) is 0. The summed E-state index contributed by atoms with van der Waals surface area (Å²) in [6.45, 7) is 4.45. The van der Waals surface area contributed by atoms with E-state index in [1.807, 2.05) is 11.6 Å². The Hall–Kier alpha value is -0.480. The molecule has 0 aliphatic rings. The minimum atomic E-state index is 0.0625. The summed E-state index contributed by atoms with van der Waals surface area (Å²) in [7, 11) is 1.95. The molecule has 0 saturated carbocycles. The molecule has 0 atom stereocenters. The zero-order valence-electron chi connectivity index (χ0n) is 9.03. The minimum absolute atomic E-state index is 0.0625. The smallest absolute Gasteiger partial charge is 0.168 e. The van der Waals surface area contributed by atoms with Gasteiger partial charge in [-0.1, -0.05) is 25.6 Å². The molecule has 14 heavy (non-hydrogen) atoms. The van der Waals surface area contributed by atoms with Crippen LogP contribution in [-0.2, 0) is 13.7 Å². The minimum Gasteiger partial charge on any atom is -0.390 e. The van der Waals surface area contributed by atoms with Crippen LogP contribution in [0.15, 0.2) is 11.4 Å². The number of imidazole rings is 1. The Morgan fingerprint density at radius 2 is 2.14 bits per heavy atom. The highest BCUT2D eigenvalue weighted by Gasteiger charge is 2.11. The lowest BCUT2D eigenvalue weighted by atomic mass is 10.3. The molecule has 1 heterocycles. The van der Waals surface area contributed by atoms with Crippen molar-refractivity contribution in [3.63, 3.8) is 0 Å². The zero-order valence-corrected chi connectivity index (χ0v) is 9.84. The third-order valence-corrected chi connectivity index (χ3v) is 3.98. The van der Waals surface area contributed by atoms with Crippen LogP contribution in [0.4, 0.5) is 0 Å². The van der Waals surface area contributed by atoms with Gasteiger partial charge in [0.05, 0.1) is 18.5 Å². The maximum Gasteiger partial charge on any atom is 0.168 e. The van der Waals surface area contributed by atoms with Crippen molar-refractivity contribution in [1.29, 1.82) is 0 Å². The Morgan fingerprint density at radius 3 is 2.57 bits per heavy atom. The summed E-state index contributed by atoms with van der Waals surface area (Å²) in [6.07, 6.45) is 4.05. The van der Waals surface area contributed by atoms with Gasteiger partial charge in [-0.25, -0.2) is 4.98 Å². The van der Waals surface area contributed by atoms with Gasteiger partial charge in [0.15, 0.2) is 5.16 Å². The number of aliphatic hydroxyl groups excluding tert-OH is 1. The van der Waals surface area contributed by atoms with Crippen LogP contribution >= 0.6 is 11.8 Å². The first-order valence-electron chi connectivity index (χ1n) is 5.01. The highest BCUT2D eigenvalue weighted by atomic mass is 32.2. The summed E-state index contributed by atoms with van der Waals surface area (Å²) in [5.41, 5.74) is 0.874. The molecular weight excluding hydrogens is 196 g/mol. The highest BCUT2D eigenvalue weighted by Crippen LogP contribution is 2.26. The average Bonchev–Trinajstić information content (AvgIpc) is 2.56. The molecule has 0 saturated heterocycles. The quantitative estimate of drug-likeness (QED) is 0.764. The number of aromatic nitrogens is 2. The van der Waals surface area contributed by atoms with Crippen molar-refractivity contribution in [1.82, 2.24) is 9.55 Å². The molecule has 1 N–H and O–H groups in total. The molecule has 0 unspecified atom stereocenters. The Kier molecular flexibility index (Phi) is 4.48. The van der Waals surface area contributed by atoms with Crippen LogP contribution in [0.5, 0.6) is 0 Å². The monoisotopic (exact) mass is 214 g/mol. The van der Waals surface area contributed by atoms with Gasteiger partial charge in [0.1, 0.15) is 0 Å². The van der Waals surface area contributed by atoms with Gasteiger partial charge < -0.3 is 9.67 Å².